The number of benzene rings is 1. The van der Waals surface area contributed by atoms with E-state index in [0.717, 1.165) is 40.5 Å². The predicted octanol–water partition coefficient (Wildman–Crippen LogP) is 2.43. The Balaban J connectivity index is 1.11. The Morgan fingerprint density at radius 2 is 1.81 bits per heavy atom. The summed E-state index contributed by atoms with van der Waals surface area (Å²) in [6.45, 7) is 6.41. The van der Waals surface area contributed by atoms with Gasteiger partial charge in [-0.25, -0.2) is 0 Å². The molecule has 1 aromatic heterocycles. The first-order valence-corrected chi connectivity index (χ1v) is 10.9. The van der Waals surface area contributed by atoms with Crippen molar-refractivity contribution in [2.24, 2.45) is 5.92 Å². The van der Waals surface area contributed by atoms with Crippen LogP contribution in [0.4, 0.5) is 0 Å². The maximum Gasteiger partial charge on any atom is 0.231 e. The van der Waals surface area contributed by atoms with Gasteiger partial charge in [-0.15, -0.1) is 0 Å². The number of piperazine rings is 1. The van der Waals surface area contributed by atoms with E-state index >= 15 is 0 Å². The summed E-state index contributed by atoms with van der Waals surface area (Å²) in [5.41, 5.74) is 3.00. The second-order valence-corrected chi connectivity index (χ2v) is 8.57. The Morgan fingerprint density at radius 3 is 2.55 bits per heavy atom. The van der Waals surface area contributed by atoms with E-state index < -0.39 is 0 Å². The molecule has 8 heteroatoms. The normalized spacial score (nSPS) is 22.0. The molecule has 2 fully saturated rings. The van der Waals surface area contributed by atoms with E-state index in [1.165, 1.54) is 0 Å². The fourth-order valence-electron chi connectivity index (χ4n) is 4.64. The standard InChI is InChI=1S/C23H27N3O5/c1-14-17(15(2)31-24-14)4-6-22(27)25-7-9-26(10-8-25)23(28)19-12-18(19)16-3-5-20-21(11-16)30-13-29-20/h3,5,11,18-19H,4,6-10,12-13H2,1-2H3/t18-,19-/m1/s1. The van der Waals surface area contributed by atoms with Crippen LogP contribution < -0.4 is 9.47 Å². The average Bonchev–Trinajstić information content (AvgIpc) is 3.34. The summed E-state index contributed by atoms with van der Waals surface area (Å²) < 4.78 is 16.0. The largest absolute Gasteiger partial charge is 0.454 e. The lowest BCUT2D eigenvalue weighted by Gasteiger charge is -2.35. The maximum absolute atomic E-state index is 13.0. The van der Waals surface area contributed by atoms with Gasteiger partial charge >= 0.3 is 0 Å². The van der Waals surface area contributed by atoms with Crippen LogP contribution in [0, 0.1) is 19.8 Å². The van der Waals surface area contributed by atoms with Gasteiger partial charge in [-0.3, -0.25) is 9.59 Å². The Morgan fingerprint density at radius 1 is 1.06 bits per heavy atom. The van der Waals surface area contributed by atoms with Gasteiger partial charge in [0.2, 0.25) is 18.6 Å². The summed E-state index contributed by atoms with van der Waals surface area (Å²) in [7, 11) is 0. The molecule has 2 aromatic rings. The maximum atomic E-state index is 13.0. The fourth-order valence-corrected chi connectivity index (χ4v) is 4.64. The van der Waals surface area contributed by atoms with Crippen molar-refractivity contribution in [3.63, 3.8) is 0 Å². The summed E-state index contributed by atoms with van der Waals surface area (Å²) in [4.78, 5) is 29.4. The van der Waals surface area contributed by atoms with E-state index in [9.17, 15) is 9.59 Å². The van der Waals surface area contributed by atoms with E-state index in [0.29, 0.717) is 39.0 Å². The van der Waals surface area contributed by atoms with Crippen molar-refractivity contribution in [1.82, 2.24) is 15.0 Å². The molecule has 3 aliphatic rings. The molecule has 1 aliphatic carbocycles. The summed E-state index contributed by atoms with van der Waals surface area (Å²) in [6, 6.07) is 5.95. The highest BCUT2D eigenvalue weighted by molar-refractivity contribution is 5.83. The predicted molar refractivity (Wildman–Crippen MR) is 111 cm³/mol. The molecule has 0 unspecified atom stereocenters. The van der Waals surface area contributed by atoms with Crippen LogP contribution in [0.15, 0.2) is 22.7 Å². The first-order chi connectivity index (χ1) is 15.0. The molecule has 3 heterocycles. The minimum atomic E-state index is 0.0298. The third-order valence-corrected chi connectivity index (χ3v) is 6.65. The summed E-state index contributed by atoms with van der Waals surface area (Å²) in [5.74, 6) is 2.91. The molecule has 1 aromatic carbocycles. The molecule has 1 saturated carbocycles. The molecule has 1 saturated heterocycles. The molecular formula is C23H27N3O5. The molecule has 8 nitrogen and oxygen atoms in total. The molecule has 31 heavy (non-hydrogen) atoms. The van der Waals surface area contributed by atoms with Crippen LogP contribution >= 0.6 is 0 Å². The number of carbonyl (C=O) groups is 2. The van der Waals surface area contributed by atoms with E-state index in [4.69, 9.17) is 14.0 Å². The number of hydrogen-bond acceptors (Lipinski definition) is 6. The van der Waals surface area contributed by atoms with Crippen molar-refractivity contribution in [3.8, 4) is 11.5 Å². The van der Waals surface area contributed by atoms with Crippen LogP contribution in [0.2, 0.25) is 0 Å². The summed E-state index contributed by atoms with van der Waals surface area (Å²) in [6.07, 6.45) is 1.94. The second-order valence-electron chi connectivity index (χ2n) is 8.57. The number of rotatable bonds is 5. The van der Waals surface area contributed by atoms with Crippen LogP contribution in [0.5, 0.6) is 11.5 Å². The van der Waals surface area contributed by atoms with Crippen molar-refractivity contribution in [2.45, 2.75) is 39.0 Å². The Bertz CT molecular complexity index is 989. The monoisotopic (exact) mass is 425 g/mol. The highest BCUT2D eigenvalue weighted by Crippen LogP contribution is 2.50. The van der Waals surface area contributed by atoms with E-state index in [1.54, 1.807) is 0 Å². The van der Waals surface area contributed by atoms with Crippen LogP contribution in [0.3, 0.4) is 0 Å². The first-order valence-electron chi connectivity index (χ1n) is 10.9. The minimum Gasteiger partial charge on any atom is -0.454 e. The number of ether oxygens (including phenoxy) is 2. The fraction of sp³-hybridized carbons (Fsp3) is 0.522. The van der Waals surface area contributed by atoms with Crippen molar-refractivity contribution in [1.29, 1.82) is 0 Å². The molecular weight excluding hydrogens is 398 g/mol. The molecule has 0 radical (unpaired) electrons. The second kappa shape index (κ2) is 7.90. The third-order valence-electron chi connectivity index (χ3n) is 6.65. The van der Waals surface area contributed by atoms with Crippen molar-refractivity contribution in [3.05, 3.63) is 40.8 Å². The van der Waals surface area contributed by atoms with Crippen LogP contribution in [0.25, 0.3) is 0 Å². The van der Waals surface area contributed by atoms with Gasteiger partial charge in [-0.05, 0) is 50.3 Å². The van der Waals surface area contributed by atoms with Crippen molar-refractivity contribution < 1.29 is 23.6 Å². The van der Waals surface area contributed by atoms with Gasteiger partial charge in [-0.2, -0.15) is 0 Å². The zero-order valence-corrected chi connectivity index (χ0v) is 17.9. The first kappa shape index (κ1) is 19.9. The summed E-state index contributed by atoms with van der Waals surface area (Å²) >= 11 is 0. The lowest BCUT2D eigenvalue weighted by Crippen LogP contribution is -2.51. The molecule has 0 N–H and O–H groups in total. The number of amides is 2. The number of nitrogens with zero attached hydrogens (tertiary/aromatic N) is 3. The van der Waals surface area contributed by atoms with Crippen LogP contribution in [-0.4, -0.2) is 59.7 Å². The molecule has 2 aliphatic heterocycles. The Kier molecular flexibility index (Phi) is 5.08. The quantitative estimate of drug-likeness (QED) is 0.732. The average molecular weight is 425 g/mol. The SMILES string of the molecule is Cc1noc(C)c1CCC(=O)N1CCN(C(=O)[C@@H]2C[C@@H]2c2ccc3c(c2)OCO3)CC1. The van der Waals surface area contributed by atoms with Crippen LogP contribution in [0.1, 0.15) is 41.3 Å². The van der Waals surface area contributed by atoms with Crippen molar-refractivity contribution in [2.75, 3.05) is 33.0 Å². The molecule has 0 spiro atoms. The van der Waals surface area contributed by atoms with Gasteiger partial charge in [0, 0.05) is 44.1 Å². The highest BCUT2D eigenvalue weighted by Gasteiger charge is 2.46. The lowest BCUT2D eigenvalue weighted by atomic mass is 10.1. The van der Waals surface area contributed by atoms with Gasteiger partial charge < -0.3 is 23.8 Å². The number of aryl methyl sites for hydroxylation is 2. The van der Waals surface area contributed by atoms with Crippen molar-refractivity contribution >= 4 is 11.8 Å². The zero-order chi connectivity index (χ0) is 21.5. The van der Waals surface area contributed by atoms with Gasteiger partial charge in [0.05, 0.1) is 5.69 Å². The summed E-state index contributed by atoms with van der Waals surface area (Å²) in [5, 5.41) is 3.95. The number of fused-ring (bicyclic) bond motifs is 1. The van der Waals surface area contributed by atoms with Gasteiger partial charge in [-0.1, -0.05) is 11.2 Å². The minimum absolute atomic E-state index is 0.0298. The van der Waals surface area contributed by atoms with Gasteiger partial charge in [0.15, 0.2) is 11.5 Å². The van der Waals surface area contributed by atoms with E-state index in [1.807, 2.05) is 41.8 Å². The topological polar surface area (TPSA) is 85.1 Å². The van der Waals surface area contributed by atoms with Crippen LogP contribution in [-0.2, 0) is 16.0 Å². The molecule has 2 amide bonds. The Labute approximate surface area is 181 Å². The van der Waals surface area contributed by atoms with E-state index in [2.05, 4.69) is 5.16 Å². The van der Waals surface area contributed by atoms with Gasteiger partial charge in [0.1, 0.15) is 5.76 Å². The smallest absolute Gasteiger partial charge is 0.231 e. The molecule has 0 bridgehead atoms. The highest BCUT2D eigenvalue weighted by atomic mass is 16.7. The number of carbonyl (C=O) groups excluding carboxylic acids is 2. The molecule has 5 rings (SSSR count). The number of hydrogen-bond donors (Lipinski definition) is 0. The molecule has 164 valence electrons. The lowest BCUT2D eigenvalue weighted by molar-refractivity contribution is -0.140. The van der Waals surface area contributed by atoms with E-state index in [-0.39, 0.29) is 30.4 Å². The number of aromatic nitrogens is 1. The third kappa shape index (κ3) is 3.86. The molecule has 2 atom stereocenters. The van der Waals surface area contributed by atoms with Gasteiger partial charge in [0.25, 0.3) is 0 Å². The zero-order valence-electron chi connectivity index (χ0n) is 17.9. The Hall–Kier alpha value is -3.03.